The van der Waals surface area contributed by atoms with Gasteiger partial charge in [-0.25, -0.2) is 0 Å². The standard InChI is InChI=1S/C11H21NO/c1-9-5-4-8-12(9)10-6-3-7-11(10,2)13/h9-10,13H,3-8H2,1-2H3. The van der Waals surface area contributed by atoms with Crippen LogP contribution in [0.3, 0.4) is 0 Å². The van der Waals surface area contributed by atoms with Gasteiger partial charge in [0.15, 0.2) is 0 Å². The molecule has 13 heavy (non-hydrogen) atoms. The van der Waals surface area contributed by atoms with Crippen molar-refractivity contribution in [3.63, 3.8) is 0 Å². The SMILES string of the molecule is CC1CCCN1C1CCCC1(C)O. The Morgan fingerprint density at radius 1 is 1.31 bits per heavy atom. The average Bonchev–Trinajstić information content (AvgIpc) is 2.56. The second-order valence-corrected chi connectivity index (χ2v) is 4.99. The quantitative estimate of drug-likeness (QED) is 0.670. The first-order chi connectivity index (χ1) is 6.11. The van der Waals surface area contributed by atoms with E-state index in [1.165, 1.54) is 32.2 Å². The molecule has 1 saturated heterocycles. The molecule has 2 fully saturated rings. The van der Waals surface area contributed by atoms with E-state index in [2.05, 4.69) is 11.8 Å². The first-order valence-electron chi connectivity index (χ1n) is 5.59. The van der Waals surface area contributed by atoms with E-state index in [4.69, 9.17) is 0 Å². The van der Waals surface area contributed by atoms with Gasteiger partial charge in [0.1, 0.15) is 0 Å². The number of hydrogen-bond donors (Lipinski definition) is 1. The van der Waals surface area contributed by atoms with Crippen LogP contribution in [0.4, 0.5) is 0 Å². The van der Waals surface area contributed by atoms with Crippen LogP contribution >= 0.6 is 0 Å². The number of aliphatic hydroxyl groups is 1. The Morgan fingerprint density at radius 2 is 2.08 bits per heavy atom. The van der Waals surface area contributed by atoms with Crippen molar-refractivity contribution in [2.45, 2.75) is 63.6 Å². The molecule has 2 heteroatoms. The highest BCUT2D eigenvalue weighted by atomic mass is 16.3. The Morgan fingerprint density at radius 3 is 2.54 bits per heavy atom. The summed E-state index contributed by atoms with van der Waals surface area (Å²) in [6.07, 6.45) is 6.00. The molecule has 1 N–H and O–H groups in total. The van der Waals surface area contributed by atoms with Crippen molar-refractivity contribution in [3.8, 4) is 0 Å². The molecule has 2 nitrogen and oxygen atoms in total. The van der Waals surface area contributed by atoms with Crippen molar-refractivity contribution in [2.24, 2.45) is 0 Å². The number of nitrogens with zero attached hydrogens (tertiary/aromatic N) is 1. The van der Waals surface area contributed by atoms with Crippen LogP contribution in [0.15, 0.2) is 0 Å². The maximum absolute atomic E-state index is 10.2. The minimum Gasteiger partial charge on any atom is -0.389 e. The molecule has 0 spiro atoms. The highest BCUT2D eigenvalue weighted by Crippen LogP contribution is 2.36. The van der Waals surface area contributed by atoms with Gasteiger partial charge in [-0.2, -0.15) is 0 Å². The van der Waals surface area contributed by atoms with Crippen LogP contribution in [0.5, 0.6) is 0 Å². The molecule has 2 aliphatic rings. The average molecular weight is 183 g/mol. The maximum Gasteiger partial charge on any atom is 0.0774 e. The fourth-order valence-electron chi connectivity index (χ4n) is 3.07. The van der Waals surface area contributed by atoms with E-state index < -0.39 is 5.60 Å². The topological polar surface area (TPSA) is 23.5 Å². The van der Waals surface area contributed by atoms with E-state index in [-0.39, 0.29) is 0 Å². The molecule has 1 aliphatic carbocycles. The van der Waals surface area contributed by atoms with Gasteiger partial charge in [-0.3, -0.25) is 4.90 Å². The maximum atomic E-state index is 10.2. The lowest BCUT2D eigenvalue weighted by molar-refractivity contribution is -0.0156. The zero-order valence-electron chi connectivity index (χ0n) is 8.79. The summed E-state index contributed by atoms with van der Waals surface area (Å²) >= 11 is 0. The summed E-state index contributed by atoms with van der Waals surface area (Å²) in [6.45, 7) is 5.50. The predicted molar refractivity (Wildman–Crippen MR) is 53.7 cm³/mol. The highest BCUT2D eigenvalue weighted by Gasteiger charge is 2.42. The minimum absolute atomic E-state index is 0.418. The van der Waals surface area contributed by atoms with Gasteiger partial charge in [0.05, 0.1) is 5.60 Å². The molecular formula is C11H21NO. The van der Waals surface area contributed by atoms with Crippen molar-refractivity contribution in [1.29, 1.82) is 0 Å². The second-order valence-electron chi connectivity index (χ2n) is 4.99. The van der Waals surface area contributed by atoms with Crippen LogP contribution in [0.25, 0.3) is 0 Å². The summed E-state index contributed by atoms with van der Waals surface area (Å²) in [5, 5.41) is 10.2. The van der Waals surface area contributed by atoms with E-state index in [9.17, 15) is 5.11 Å². The molecule has 0 radical (unpaired) electrons. The van der Waals surface area contributed by atoms with Crippen molar-refractivity contribution >= 4 is 0 Å². The second kappa shape index (κ2) is 3.25. The van der Waals surface area contributed by atoms with E-state index in [1.807, 2.05) is 6.92 Å². The molecule has 1 saturated carbocycles. The van der Waals surface area contributed by atoms with Crippen molar-refractivity contribution in [3.05, 3.63) is 0 Å². The fourth-order valence-corrected chi connectivity index (χ4v) is 3.07. The fraction of sp³-hybridized carbons (Fsp3) is 1.00. The Kier molecular flexibility index (Phi) is 2.37. The Hall–Kier alpha value is -0.0800. The number of likely N-dealkylation sites (tertiary alicyclic amines) is 1. The summed E-state index contributed by atoms with van der Waals surface area (Å²) in [5.41, 5.74) is -0.418. The van der Waals surface area contributed by atoms with Gasteiger partial charge in [-0.05, 0) is 52.5 Å². The largest absolute Gasteiger partial charge is 0.389 e. The van der Waals surface area contributed by atoms with Gasteiger partial charge in [-0.15, -0.1) is 0 Å². The lowest BCUT2D eigenvalue weighted by atomic mass is 9.98. The zero-order chi connectivity index (χ0) is 9.47. The van der Waals surface area contributed by atoms with Crippen molar-refractivity contribution in [2.75, 3.05) is 6.54 Å². The van der Waals surface area contributed by atoms with Crippen LogP contribution in [-0.2, 0) is 0 Å². The van der Waals surface area contributed by atoms with E-state index >= 15 is 0 Å². The minimum atomic E-state index is -0.418. The molecule has 1 aliphatic heterocycles. The summed E-state index contributed by atoms with van der Waals surface area (Å²) < 4.78 is 0. The lowest BCUT2D eigenvalue weighted by Gasteiger charge is -2.36. The Labute approximate surface area is 80.9 Å². The van der Waals surface area contributed by atoms with Gasteiger partial charge < -0.3 is 5.11 Å². The van der Waals surface area contributed by atoms with Gasteiger partial charge in [-0.1, -0.05) is 0 Å². The smallest absolute Gasteiger partial charge is 0.0774 e. The summed E-state index contributed by atoms with van der Waals surface area (Å²) in [7, 11) is 0. The van der Waals surface area contributed by atoms with Crippen LogP contribution in [0, 0.1) is 0 Å². The molecule has 3 atom stereocenters. The zero-order valence-corrected chi connectivity index (χ0v) is 8.79. The molecule has 76 valence electrons. The van der Waals surface area contributed by atoms with Crippen LogP contribution in [-0.4, -0.2) is 34.2 Å². The molecule has 0 bridgehead atoms. The van der Waals surface area contributed by atoms with Gasteiger partial charge in [0.25, 0.3) is 0 Å². The third-order valence-electron chi connectivity index (χ3n) is 3.88. The van der Waals surface area contributed by atoms with Crippen LogP contribution in [0.2, 0.25) is 0 Å². The Balaban J connectivity index is 2.07. The van der Waals surface area contributed by atoms with Crippen molar-refractivity contribution in [1.82, 2.24) is 4.90 Å². The van der Waals surface area contributed by atoms with Crippen molar-refractivity contribution < 1.29 is 5.11 Å². The summed E-state index contributed by atoms with van der Waals surface area (Å²) in [4.78, 5) is 2.52. The first-order valence-corrected chi connectivity index (χ1v) is 5.59. The van der Waals surface area contributed by atoms with Gasteiger partial charge >= 0.3 is 0 Å². The van der Waals surface area contributed by atoms with E-state index in [1.54, 1.807) is 0 Å². The third-order valence-corrected chi connectivity index (χ3v) is 3.88. The van der Waals surface area contributed by atoms with Crippen LogP contribution in [0.1, 0.15) is 46.0 Å². The summed E-state index contributed by atoms with van der Waals surface area (Å²) in [6, 6.07) is 1.12. The predicted octanol–water partition coefficient (Wildman–Crippen LogP) is 1.77. The molecule has 0 aromatic rings. The lowest BCUT2D eigenvalue weighted by Crippen LogP contribution is -2.48. The van der Waals surface area contributed by atoms with E-state index in [0.717, 1.165) is 6.42 Å². The van der Waals surface area contributed by atoms with Crippen LogP contribution < -0.4 is 0 Å². The number of rotatable bonds is 1. The molecule has 3 unspecified atom stereocenters. The Bertz CT molecular complexity index is 191. The third kappa shape index (κ3) is 1.62. The highest BCUT2D eigenvalue weighted by molar-refractivity contribution is 4.98. The molecule has 0 amide bonds. The van der Waals surface area contributed by atoms with Gasteiger partial charge in [0, 0.05) is 12.1 Å². The van der Waals surface area contributed by atoms with Gasteiger partial charge in [0.2, 0.25) is 0 Å². The first kappa shape index (κ1) is 9.47. The molecular weight excluding hydrogens is 162 g/mol. The molecule has 0 aromatic heterocycles. The number of hydrogen-bond acceptors (Lipinski definition) is 2. The normalized spacial score (nSPS) is 47.3. The molecule has 1 heterocycles. The van der Waals surface area contributed by atoms with E-state index in [0.29, 0.717) is 12.1 Å². The summed E-state index contributed by atoms with van der Waals surface area (Å²) in [5.74, 6) is 0. The molecule has 2 rings (SSSR count). The monoisotopic (exact) mass is 183 g/mol. The molecule has 0 aromatic carbocycles.